The molecule has 0 aromatic heterocycles. The summed E-state index contributed by atoms with van der Waals surface area (Å²) in [4.78, 5) is 25.1. The average Bonchev–Trinajstić information content (AvgIpc) is 3.12. The third-order valence-corrected chi connectivity index (χ3v) is 6.99. The highest BCUT2D eigenvalue weighted by Crippen LogP contribution is 2.60. The van der Waals surface area contributed by atoms with E-state index in [9.17, 15) is 9.59 Å². The average molecular weight is 306 g/mol. The largest absolute Gasteiger partial charge is 0.462 e. The van der Waals surface area contributed by atoms with Crippen LogP contribution in [0, 0.1) is 29.6 Å². The maximum Gasteiger partial charge on any atom is 0.310 e. The van der Waals surface area contributed by atoms with Gasteiger partial charge in [0.05, 0.1) is 11.8 Å². The van der Waals surface area contributed by atoms with E-state index in [1.54, 1.807) is 0 Å². The zero-order valence-corrected chi connectivity index (χ0v) is 13.5. The Morgan fingerprint density at radius 2 is 2.00 bits per heavy atom. The van der Waals surface area contributed by atoms with Crippen LogP contribution in [0.2, 0.25) is 0 Å². The molecule has 0 N–H and O–H groups in total. The van der Waals surface area contributed by atoms with Gasteiger partial charge in [0, 0.05) is 5.92 Å². The van der Waals surface area contributed by atoms with Gasteiger partial charge in [-0.05, 0) is 50.4 Å². The molecular weight excluding hydrogens is 280 g/mol. The molecule has 122 valence electrons. The molecule has 22 heavy (non-hydrogen) atoms. The highest BCUT2D eigenvalue weighted by atomic mass is 16.6. The Hall–Kier alpha value is -1.06. The summed E-state index contributed by atoms with van der Waals surface area (Å²) in [6.07, 6.45) is 7.37. The molecule has 0 amide bonds. The summed E-state index contributed by atoms with van der Waals surface area (Å²) in [6.45, 7) is 4.24. The van der Waals surface area contributed by atoms with Crippen LogP contribution in [0.4, 0.5) is 0 Å². The van der Waals surface area contributed by atoms with E-state index in [0.717, 1.165) is 38.5 Å². The minimum Gasteiger partial charge on any atom is -0.462 e. The number of esters is 2. The van der Waals surface area contributed by atoms with Crippen LogP contribution < -0.4 is 0 Å². The number of hydrogen-bond donors (Lipinski definition) is 0. The first-order chi connectivity index (χ1) is 10.6. The van der Waals surface area contributed by atoms with Crippen molar-refractivity contribution >= 4 is 11.9 Å². The molecule has 2 bridgehead atoms. The molecular formula is C18H26O4. The molecule has 5 unspecified atom stereocenters. The number of rotatable bonds is 3. The van der Waals surface area contributed by atoms with Crippen molar-refractivity contribution in [3.8, 4) is 0 Å². The van der Waals surface area contributed by atoms with E-state index in [2.05, 4.69) is 13.8 Å². The van der Waals surface area contributed by atoms with E-state index in [0.29, 0.717) is 5.92 Å². The summed E-state index contributed by atoms with van der Waals surface area (Å²) in [7, 11) is 0. The standard InChI is InChI=1S/C18H26O4/c1-3-18(7-5-4-6-8-18)22-17(20)13-11-9-12-14(13)16(19)21-15(12)10(11)2/h10-15H,3-9H2,1-2H3/t10?,11-,12?,13?,14?,15?/m1/s1. The van der Waals surface area contributed by atoms with Crippen LogP contribution in [0.3, 0.4) is 0 Å². The second kappa shape index (κ2) is 4.97. The van der Waals surface area contributed by atoms with Crippen molar-refractivity contribution < 1.29 is 19.1 Å². The van der Waals surface area contributed by atoms with Gasteiger partial charge in [-0.1, -0.05) is 20.3 Å². The predicted octanol–water partition coefficient (Wildman–Crippen LogP) is 3.09. The topological polar surface area (TPSA) is 52.6 Å². The minimum absolute atomic E-state index is 0.0568. The molecule has 1 heterocycles. The van der Waals surface area contributed by atoms with Crippen molar-refractivity contribution in [3.63, 3.8) is 0 Å². The fourth-order valence-corrected chi connectivity index (χ4v) is 5.71. The molecule has 0 aromatic carbocycles. The lowest BCUT2D eigenvalue weighted by atomic mass is 9.74. The molecule has 1 saturated heterocycles. The summed E-state index contributed by atoms with van der Waals surface area (Å²) < 4.78 is 11.6. The molecule has 0 aromatic rings. The zero-order valence-electron chi connectivity index (χ0n) is 13.5. The van der Waals surface area contributed by atoms with Gasteiger partial charge in [0.2, 0.25) is 0 Å². The molecule has 4 nitrogen and oxygen atoms in total. The zero-order chi connectivity index (χ0) is 15.5. The molecule has 6 atom stereocenters. The first-order valence-corrected chi connectivity index (χ1v) is 9.00. The SMILES string of the molecule is CCC1(OC(=O)C2C3C(=O)OC4C3C[C@@H]2C4C)CCCCC1. The second-order valence-electron chi connectivity index (χ2n) is 7.89. The first-order valence-electron chi connectivity index (χ1n) is 9.00. The fourth-order valence-electron chi connectivity index (χ4n) is 5.71. The van der Waals surface area contributed by atoms with Gasteiger partial charge in [0.15, 0.2) is 0 Å². The molecule has 1 aliphatic heterocycles. The summed E-state index contributed by atoms with van der Waals surface area (Å²) >= 11 is 0. The Morgan fingerprint density at radius 3 is 2.68 bits per heavy atom. The van der Waals surface area contributed by atoms with Crippen molar-refractivity contribution in [1.29, 1.82) is 0 Å². The van der Waals surface area contributed by atoms with Crippen LogP contribution in [0.1, 0.15) is 58.8 Å². The Balaban J connectivity index is 1.54. The van der Waals surface area contributed by atoms with Crippen molar-refractivity contribution in [2.45, 2.75) is 70.5 Å². The van der Waals surface area contributed by atoms with Gasteiger partial charge in [-0.15, -0.1) is 0 Å². The van der Waals surface area contributed by atoms with Crippen molar-refractivity contribution in [1.82, 2.24) is 0 Å². The van der Waals surface area contributed by atoms with E-state index in [1.165, 1.54) is 6.42 Å². The maximum atomic E-state index is 12.9. The molecule has 4 heteroatoms. The number of fused-ring (bicyclic) bond motifs is 1. The lowest BCUT2D eigenvalue weighted by molar-refractivity contribution is -0.174. The highest BCUT2D eigenvalue weighted by Gasteiger charge is 2.67. The predicted molar refractivity (Wildman–Crippen MR) is 79.8 cm³/mol. The second-order valence-corrected chi connectivity index (χ2v) is 7.89. The van der Waals surface area contributed by atoms with E-state index in [1.807, 2.05) is 0 Å². The Labute approximate surface area is 131 Å². The number of carbonyl (C=O) groups excluding carboxylic acids is 2. The lowest BCUT2D eigenvalue weighted by Gasteiger charge is -2.38. The quantitative estimate of drug-likeness (QED) is 0.752. The van der Waals surface area contributed by atoms with Gasteiger partial charge >= 0.3 is 11.9 Å². The van der Waals surface area contributed by atoms with Crippen molar-refractivity contribution in [2.75, 3.05) is 0 Å². The molecule has 4 rings (SSSR count). The monoisotopic (exact) mass is 306 g/mol. The minimum atomic E-state index is -0.275. The van der Waals surface area contributed by atoms with Gasteiger partial charge in [-0.25, -0.2) is 0 Å². The molecule has 0 radical (unpaired) electrons. The van der Waals surface area contributed by atoms with E-state index >= 15 is 0 Å². The van der Waals surface area contributed by atoms with Crippen molar-refractivity contribution in [3.05, 3.63) is 0 Å². The van der Waals surface area contributed by atoms with Crippen LogP contribution in [-0.2, 0) is 19.1 Å². The van der Waals surface area contributed by atoms with E-state index < -0.39 is 0 Å². The van der Waals surface area contributed by atoms with E-state index in [4.69, 9.17) is 9.47 Å². The van der Waals surface area contributed by atoms with Gasteiger partial charge in [-0.3, -0.25) is 9.59 Å². The molecule has 3 saturated carbocycles. The highest BCUT2D eigenvalue weighted by molar-refractivity contribution is 5.86. The molecule has 4 fully saturated rings. The number of hydrogen-bond acceptors (Lipinski definition) is 4. The van der Waals surface area contributed by atoms with Crippen LogP contribution in [-0.4, -0.2) is 23.6 Å². The smallest absolute Gasteiger partial charge is 0.310 e. The van der Waals surface area contributed by atoms with Gasteiger partial charge in [-0.2, -0.15) is 0 Å². The molecule has 0 spiro atoms. The Bertz CT molecular complexity index is 493. The van der Waals surface area contributed by atoms with Crippen molar-refractivity contribution in [2.24, 2.45) is 29.6 Å². The molecule has 4 aliphatic rings. The summed E-state index contributed by atoms with van der Waals surface area (Å²) in [5.41, 5.74) is -0.275. The molecule has 3 aliphatic carbocycles. The summed E-state index contributed by atoms with van der Waals surface area (Å²) in [5.74, 6) is 0.0794. The summed E-state index contributed by atoms with van der Waals surface area (Å²) in [6, 6.07) is 0. The van der Waals surface area contributed by atoms with Gasteiger partial charge < -0.3 is 9.47 Å². The maximum absolute atomic E-state index is 12.9. The van der Waals surface area contributed by atoms with Crippen LogP contribution in [0.15, 0.2) is 0 Å². The van der Waals surface area contributed by atoms with E-state index in [-0.39, 0.29) is 47.3 Å². The number of ether oxygens (including phenoxy) is 2. The normalized spacial score (nSPS) is 44.9. The third kappa shape index (κ3) is 1.88. The van der Waals surface area contributed by atoms with Crippen LogP contribution in [0.5, 0.6) is 0 Å². The Morgan fingerprint density at radius 1 is 1.27 bits per heavy atom. The Kier molecular flexibility index (Phi) is 3.28. The third-order valence-electron chi connectivity index (χ3n) is 6.99. The van der Waals surface area contributed by atoms with Crippen LogP contribution >= 0.6 is 0 Å². The first kappa shape index (κ1) is 14.5. The summed E-state index contributed by atoms with van der Waals surface area (Å²) in [5, 5.41) is 0. The van der Waals surface area contributed by atoms with Gasteiger partial charge in [0.25, 0.3) is 0 Å². The lowest BCUT2D eigenvalue weighted by Crippen LogP contribution is -2.43. The fraction of sp³-hybridized carbons (Fsp3) is 0.889. The van der Waals surface area contributed by atoms with Gasteiger partial charge in [0.1, 0.15) is 11.7 Å². The van der Waals surface area contributed by atoms with Crippen LogP contribution in [0.25, 0.3) is 0 Å². The number of carbonyl (C=O) groups is 2.